The highest BCUT2D eigenvalue weighted by molar-refractivity contribution is 6.30. The van der Waals surface area contributed by atoms with Crippen LogP contribution in [0.1, 0.15) is 16.7 Å². The van der Waals surface area contributed by atoms with Crippen LogP contribution in [0, 0.1) is 5.82 Å². The van der Waals surface area contributed by atoms with Gasteiger partial charge in [-0.15, -0.1) is 0 Å². The van der Waals surface area contributed by atoms with Crippen LogP contribution >= 0.6 is 11.6 Å². The molecule has 0 bridgehead atoms. The summed E-state index contributed by atoms with van der Waals surface area (Å²) in [6, 6.07) is 7.33. The molecule has 3 rings (SSSR count). The molecule has 2 nitrogen and oxygen atoms in total. The molecular formula is C17H12ClF4NO. The van der Waals surface area contributed by atoms with Crippen molar-refractivity contribution in [2.45, 2.75) is 19.0 Å². The molecule has 126 valence electrons. The van der Waals surface area contributed by atoms with Crippen molar-refractivity contribution in [1.82, 2.24) is 0 Å². The lowest BCUT2D eigenvalue weighted by Gasteiger charge is -2.19. The summed E-state index contributed by atoms with van der Waals surface area (Å²) in [6.45, 7) is 0.282. The number of carbonyl (C=O) groups excluding carboxylic acids is 1. The number of carbonyl (C=O) groups is 1. The van der Waals surface area contributed by atoms with Crippen LogP contribution in [-0.4, -0.2) is 12.5 Å². The van der Waals surface area contributed by atoms with Gasteiger partial charge in [-0.2, -0.15) is 13.2 Å². The number of amides is 1. The Kier molecular flexibility index (Phi) is 4.25. The molecule has 0 spiro atoms. The number of benzene rings is 2. The fourth-order valence-corrected chi connectivity index (χ4v) is 2.90. The van der Waals surface area contributed by atoms with Gasteiger partial charge in [0.05, 0.1) is 12.0 Å². The summed E-state index contributed by atoms with van der Waals surface area (Å²) >= 11 is 5.67. The lowest BCUT2D eigenvalue weighted by Crippen LogP contribution is -2.30. The molecule has 0 aliphatic carbocycles. The van der Waals surface area contributed by atoms with E-state index in [-0.39, 0.29) is 29.2 Å². The molecule has 2 aromatic rings. The number of halogens is 5. The average Bonchev–Trinajstić information content (AvgIpc) is 2.92. The Hall–Kier alpha value is -2.08. The molecule has 7 heteroatoms. The summed E-state index contributed by atoms with van der Waals surface area (Å²) in [4.78, 5) is 13.7. The van der Waals surface area contributed by atoms with E-state index in [1.54, 1.807) is 0 Å². The largest absolute Gasteiger partial charge is 0.416 e. The van der Waals surface area contributed by atoms with Gasteiger partial charge in [0.25, 0.3) is 0 Å². The van der Waals surface area contributed by atoms with Crippen molar-refractivity contribution in [3.05, 3.63) is 63.9 Å². The zero-order chi connectivity index (χ0) is 17.5. The molecular weight excluding hydrogens is 346 g/mol. The van der Waals surface area contributed by atoms with Gasteiger partial charge in [0, 0.05) is 17.3 Å². The number of hydrogen-bond acceptors (Lipinski definition) is 1. The number of nitrogens with zero attached hydrogens (tertiary/aromatic N) is 1. The second-order valence-electron chi connectivity index (χ2n) is 5.55. The number of hydrogen-bond donors (Lipinski definition) is 0. The third-order valence-corrected chi connectivity index (χ3v) is 4.20. The summed E-state index contributed by atoms with van der Waals surface area (Å²) in [5, 5.41) is 0.213. The SMILES string of the molecule is O=C(Cc1ccc(Cl)cc1F)N1CCc2ccc(C(F)(F)F)cc21. The molecule has 0 atom stereocenters. The van der Waals surface area contributed by atoms with Gasteiger partial charge in [0.2, 0.25) is 5.91 Å². The van der Waals surface area contributed by atoms with Gasteiger partial charge in [-0.3, -0.25) is 4.79 Å². The molecule has 0 saturated heterocycles. The Labute approximate surface area is 140 Å². The van der Waals surface area contributed by atoms with Crippen molar-refractivity contribution in [2.75, 3.05) is 11.4 Å². The van der Waals surface area contributed by atoms with Crippen molar-refractivity contribution in [2.24, 2.45) is 0 Å². The number of anilines is 1. The van der Waals surface area contributed by atoms with E-state index in [1.165, 1.54) is 23.1 Å². The molecule has 0 radical (unpaired) electrons. The van der Waals surface area contributed by atoms with Crippen LogP contribution in [0.5, 0.6) is 0 Å². The fraction of sp³-hybridized carbons (Fsp3) is 0.235. The molecule has 2 aromatic carbocycles. The van der Waals surface area contributed by atoms with Gasteiger partial charge in [-0.1, -0.05) is 23.7 Å². The molecule has 0 N–H and O–H groups in total. The molecule has 0 aromatic heterocycles. The summed E-state index contributed by atoms with van der Waals surface area (Å²) in [5.74, 6) is -1.06. The second-order valence-corrected chi connectivity index (χ2v) is 5.99. The lowest BCUT2D eigenvalue weighted by atomic mass is 10.1. The Morgan fingerprint density at radius 1 is 1.17 bits per heavy atom. The van der Waals surface area contributed by atoms with Crippen LogP contribution in [0.15, 0.2) is 36.4 Å². The van der Waals surface area contributed by atoms with Crippen LogP contribution in [0.3, 0.4) is 0 Å². The summed E-state index contributed by atoms with van der Waals surface area (Å²) in [5.41, 5.74) is 0.264. The first-order valence-electron chi connectivity index (χ1n) is 7.20. The van der Waals surface area contributed by atoms with E-state index >= 15 is 0 Å². The van der Waals surface area contributed by atoms with Gasteiger partial charge in [0.1, 0.15) is 5.82 Å². The van der Waals surface area contributed by atoms with Crippen LogP contribution < -0.4 is 4.90 Å². The Bertz CT molecular complexity index is 804. The molecule has 0 fully saturated rings. The second kappa shape index (κ2) is 6.09. The Morgan fingerprint density at radius 2 is 1.92 bits per heavy atom. The predicted octanol–water partition coefficient (Wildman–Crippen LogP) is 4.63. The standard InChI is InChI=1S/C17H12ClF4NO/c18-13-4-2-11(14(19)9-13)7-16(24)23-6-5-10-1-3-12(8-15(10)23)17(20,21)22/h1-4,8-9H,5-7H2. The smallest absolute Gasteiger partial charge is 0.312 e. The van der Waals surface area contributed by atoms with Crippen LogP contribution in [0.4, 0.5) is 23.2 Å². The molecule has 24 heavy (non-hydrogen) atoms. The zero-order valence-corrected chi connectivity index (χ0v) is 13.1. The van der Waals surface area contributed by atoms with Gasteiger partial charge in [0.15, 0.2) is 0 Å². The predicted molar refractivity (Wildman–Crippen MR) is 82.6 cm³/mol. The highest BCUT2D eigenvalue weighted by Gasteiger charge is 2.33. The summed E-state index contributed by atoms with van der Waals surface area (Å²) < 4.78 is 52.4. The normalized spacial score (nSPS) is 14.0. The van der Waals surface area contributed by atoms with Gasteiger partial charge in [-0.25, -0.2) is 4.39 Å². The monoisotopic (exact) mass is 357 g/mol. The molecule has 1 aliphatic heterocycles. The number of fused-ring (bicyclic) bond motifs is 1. The van der Waals surface area contributed by atoms with Crippen LogP contribution in [-0.2, 0) is 23.8 Å². The average molecular weight is 358 g/mol. The van der Waals surface area contributed by atoms with Gasteiger partial charge in [-0.05, 0) is 41.8 Å². The van der Waals surface area contributed by atoms with E-state index in [0.717, 1.165) is 18.2 Å². The third kappa shape index (κ3) is 3.24. The van der Waals surface area contributed by atoms with Crippen molar-refractivity contribution in [1.29, 1.82) is 0 Å². The Morgan fingerprint density at radius 3 is 2.58 bits per heavy atom. The maximum atomic E-state index is 13.8. The van der Waals surface area contributed by atoms with Gasteiger partial charge >= 0.3 is 6.18 Å². The lowest BCUT2D eigenvalue weighted by molar-refractivity contribution is -0.137. The maximum Gasteiger partial charge on any atom is 0.416 e. The van der Waals surface area contributed by atoms with Crippen molar-refractivity contribution >= 4 is 23.2 Å². The summed E-state index contributed by atoms with van der Waals surface area (Å²) in [7, 11) is 0. The van der Waals surface area contributed by atoms with Crippen molar-refractivity contribution < 1.29 is 22.4 Å². The Balaban J connectivity index is 1.86. The van der Waals surface area contributed by atoms with Crippen LogP contribution in [0.25, 0.3) is 0 Å². The van der Waals surface area contributed by atoms with E-state index in [1.807, 2.05) is 0 Å². The zero-order valence-electron chi connectivity index (χ0n) is 12.3. The third-order valence-electron chi connectivity index (χ3n) is 3.97. The number of rotatable bonds is 2. The van der Waals surface area contributed by atoms with Gasteiger partial charge < -0.3 is 4.90 Å². The number of alkyl halides is 3. The summed E-state index contributed by atoms with van der Waals surface area (Å²) in [6.07, 6.45) is -4.24. The van der Waals surface area contributed by atoms with Crippen molar-refractivity contribution in [3.8, 4) is 0 Å². The minimum Gasteiger partial charge on any atom is -0.312 e. The highest BCUT2D eigenvalue weighted by Crippen LogP contribution is 2.36. The molecule has 1 heterocycles. The molecule has 0 saturated carbocycles. The van der Waals surface area contributed by atoms with Crippen LogP contribution in [0.2, 0.25) is 5.02 Å². The van der Waals surface area contributed by atoms with E-state index < -0.39 is 23.5 Å². The minimum absolute atomic E-state index is 0.157. The minimum atomic E-state index is -4.48. The molecule has 1 aliphatic rings. The first-order chi connectivity index (χ1) is 11.3. The first-order valence-corrected chi connectivity index (χ1v) is 7.58. The fourth-order valence-electron chi connectivity index (χ4n) is 2.74. The van der Waals surface area contributed by atoms with E-state index in [0.29, 0.717) is 12.0 Å². The van der Waals surface area contributed by atoms with E-state index in [4.69, 9.17) is 11.6 Å². The van der Waals surface area contributed by atoms with E-state index in [9.17, 15) is 22.4 Å². The highest BCUT2D eigenvalue weighted by atomic mass is 35.5. The molecule has 1 amide bonds. The molecule has 0 unspecified atom stereocenters. The quantitative estimate of drug-likeness (QED) is 0.718. The van der Waals surface area contributed by atoms with Crippen molar-refractivity contribution in [3.63, 3.8) is 0 Å². The topological polar surface area (TPSA) is 20.3 Å². The maximum absolute atomic E-state index is 13.8. The van der Waals surface area contributed by atoms with E-state index in [2.05, 4.69) is 0 Å². The first kappa shape index (κ1) is 16.8.